The summed E-state index contributed by atoms with van der Waals surface area (Å²) >= 11 is 0. The molecule has 0 aliphatic carbocycles. The van der Waals surface area contributed by atoms with Crippen molar-refractivity contribution in [3.05, 3.63) is 23.9 Å². The van der Waals surface area contributed by atoms with Crippen molar-refractivity contribution in [3.8, 4) is 0 Å². The van der Waals surface area contributed by atoms with Crippen LogP contribution >= 0.6 is 0 Å². The predicted molar refractivity (Wildman–Crippen MR) is 76.1 cm³/mol. The Balaban J connectivity index is 2.01. The van der Waals surface area contributed by atoms with E-state index in [9.17, 15) is 4.79 Å². The molecule has 0 spiro atoms. The molecule has 0 aromatic carbocycles. The Kier molecular flexibility index (Phi) is 4.04. The topological polar surface area (TPSA) is 71.2 Å². The first-order valence-corrected chi connectivity index (χ1v) is 6.67. The number of carbonyl (C=O) groups excluding carboxylic acids is 1. The van der Waals surface area contributed by atoms with Gasteiger partial charge in [0, 0.05) is 12.7 Å². The lowest BCUT2D eigenvalue weighted by atomic mass is 9.80. The second-order valence-electron chi connectivity index (χ2n) is 5.73. The fraction of sp³-hybridized carbons (Fsp3) is 0.571. The van der Waals surface area contributed by atoms with Gasteiger partial charge in [-0.15, -0.1) is 0 Å². The van der Waals surface area contributed by atoms with E-state index in [1.54, 1.807) is 18.3 Å². The van der Waals surface area contributed by atoms with Crippen molar-refractivity contribution in [2.24, 2.45) is 11.1 Å². The van der Waals surface area contributed by atoms with Crippen LogP contribution in [0.1, 0.15) is 30.1 Å². The number of rotatable bonds is 4. The van der Waals surface area contributed by atoms with Crippen LogP contribution < -0.4 is 11.1 Å². The molecule has 104 valence electrons. The highest BCUT2D eigenvalue weighted by Gasteiger charge is 2.28. The molecule has 2 heterocycles. The van der Waals surface area contributed by atoms with E-state index < -0.39 is 5.91 Å². The number of aromatic nitrogens is 1. The molecule has 3 N–H and O–H groups in total. The first kappa shape index (κ1) is 13.8. The van der Waals surface area contributed by atoms with Gasteiger partial charge in [-0.2, -0.15) is 0 Å². The van der Waals surface area contributed by atoms with Gasteiger partial charge in [0.25, 0.3) is 5.91 Å². The first-order valence-electron chi connectivity index (χ1n) is 6.67. The van der Waals surface area contributed by atoms with Gasteiger partial charge in [0.2, 0.25) is 0 Å². The summed E-state index contributed by atoms with van der Waals surface area (Å²) in [7, 11) is 2.15. The van der Waals surface area contributed by atoms with Gasteiger partial charge in [-0.05, 0) is 50.5 Å². The Morgan fingerprint density at radius 3 is 2.84 bits per heavy atom. The van der Waals surface area contributed by atoms with Gasteiger partial charge in [0.1, 0.15) is 5.82 Å². The van der Waals surface area contributed by atoms with Crippen molar-refractivity contribution in [1.29, 1.82) is 0 Å². The van der Waals surface area contributed by atoms with Gasteiger partial charge in [0.05, 0.1) is 5.56 Å². The van der Waals surface area contributed by atoms with Crippen LogP contribution in [0, 0.1) is 5.41 Å². The minimum Gasteiger partial charge on any atom is -0.369 e. The summed E-state index contributed by atoms with van der Waals surface area (Å²) in [6.07, 6.45) is 3.97. The lowest BCUT2D eigenvalue weighted by Crippen LogP contribution is -2.40. The molecule has 1 aromatic heterocycles. The van der Waals surface area contributed by atoms with E-state index in [2.05, 4.69) is 29.2 Å². The van der Waals surface area contributed by atoms with Crippen LogP contribution in [0.25, 0.3) is 0 Å². The van der Waals surface area contributed by atoms with Gasteiger partial charge in [-0.3, -0.25) is 4.79 Å². The zero-order valence-electron chi connectivity index (χ0n) is 11.6. The summed E-state index contributed by atoms with van der Waals surface area (Å²) in [5.74, 6) is 0.152. The molecular weight excluding hydrogens is 240 g/mol. The van der Waals surface area contributed by atoms with Crippen LogP contribution in [0.4, 0.5) is 5.82 Å². The quantitative estimate of drug-likeness (QED) is 0.858. The molecule has 1 fully saturated rings. The highest BCUT2D eigenvalue weighted by atomic mass is 16.1. The Bertz CT molecular complexity index is 453. The number of carbonyl (C=O) groups is 1. The third-order valence-corrected chi connectivity index (χ3v) is 3.95. The van der Waals surface area contributed by atoms with E-state index in [1.807, 2.05) is 0 Å². The number of hydrogen-bond acceptors (Lipinski definition) is 4. The molecule has 0 radical (unpaired) electrons. The summed E-state index contributed by atoms with van der Waals surface area (Å²) in [4.78, 5) is 17.9. The molecular formula is C14H22N4O. The highest BCUT2D eigenvalue weighted by molar-refractivity contribution is 5.97. The Hall–Kier alpha value is -1.62. The van der Waals surface area contributed by atoms with Crippen LogP contribution in [-0.4, -0.2) is 42.5 Å². The zero-order valence-corrected chi connectivity index (χ0v) is 11.6. The maximum absolute atomic E-state index is 11.3. The minimum absolute atomic E-state index is 0.249. The summed E-state index contributed by atoms with van der Waals surface area (Å²) in [5, 5.41) is 3.29. The summed E-state index contributed by atoms with van der Waals surface area (Å²) in [6, 6.07) is 3.43. The lowest BCUT2D eigenvalue weighted by molar-refractivity contribution is 0.100. The van der Waals surface area contributed by atoms with Crippen LogP contribution in [0.15, 0.2) is 18.3 Å². The normalized spacial score (nSPS) is 19.1. The zero-order chi connectivity index (χ0) is 13.9. The van der Waals surface area contributed by atoms with E-state index >= 15 is 0 Å². The van der Waals surface area contributed by atoms with Gasteiger partial charge in [0.15, 0.2) is 0 Å². The van der Waals surface area contributed by atoms with Crippen LogP contribution in [0.5, 0.6) is 0 Å². The van der Waals surface area contributed by atoms with E-state index in [4.69, 9.17) is 5.73 Å². The highest BCUT2D eigenvalue weighted by Crippen LogP contribution is 2.30. The van der Waals surface area contributed by atoms with E-state index in [0.29, 0.717) is 11.4 Å². The molecule has 1 aliphatic rings. The molecule has 1 amide bonds. The maximum atomic E-state index is 11.3. The minimum atomic E-state index is -0.441. The smallest absolute Gasteiger partial charge is 0.252 e. The van der Waals surface area contributed by atoms with Gasteiger partial charge >= 0.3 is 0 Å². The number of hydrogen-bond donors (Lipinski definition) is 2. The van der Waals surface area contributed by atoms with Crippen molar-refractivity contribution >= 4 is 11.7 Å². The van der Waals surface area contributed by atoms with E-state index in [0.717, 1.165) is 32.5 Å². The number of likely N-dealkylation sites (tertiary alicyclic amines) is 1. The SMILES string of the molecule is CN1CCC(C)(CNc2ncccc2C(N)=O)CC1. The van der Waals surface area contributed by atoms with Crippen LogP contribution in [0.3, 0.4) is 0 Å². The molecule has 1 aromatic rings. The molecule has 5 nitrogen and oxygen atoms in total. The molecule has 2 rings (SSSR count). The fourth-order valence-electron chi connectivity index (χ4n) is 2.38. The molecule has 0 bridgehead atoms. The summed E-state index contributed by atoms with van der Waals surface area (Å²) in [6.45, 7) is 5.32. The average Bonchev–Trinajstić information content (AvgIpc) is 2.41. The molecule has 0 saturated carbocycles. The van der Waals surface area contributed by atoms with Crippen LogP contribution in [-0.2, 0) is 0 Å². The van der Waals surface area contributed by atoms with Gasteiger partial charge in [-0.1, -0.05) is 6.92 Å². The molecule has 19 heavy (non-hydrogen) atoms. The predicted octanol–water partition coefficient (Wildman–Crippen LogP) is 1.32. The number of piperidine rings is 1. The molecule has 1 saturated heterocycles. The Morgan fingerprint density at radius 1 is 1.53 bits per heavy atom. The van der Waals surface area contributed by atoms with Gasteiger partial charge in [-0.25, -0.2) is 4.98 Å². The Labute approximate surface area is 114 Å². The number of nitrogens with one attached hydrogen (secondary N) is 1. The first-order chi connectivity index (χ1) is 9.00. The molecule has 1 aliphatic heterocycles. The monoisotopic (exact) mass is 262 g/mol. The third-order valence-electron chi connectivity index (χ3n) is 3.95. The lowest BCUT2D eigenvalue weighted by Gasteiger charge is -2.38. The van der Waals surface area contributed by atoms with E-state index in [1.165, 1.54) is 0 Å². The maximum Gasteiger partial charge on any atom is 0.252 e. The van der Waals surface area contributed by atoms with Crippen molar-refractivity contribution in [3.63, 3.8) is 0 Å². The number of anilines is 1. The molecule has 5 heteroatoms. The second-order valence-corrected chi connectivity index (χ2v) is 5.73. The molecule has 0 atom stereocenters. The average molecular weight is 262 g/mol. The Morgan fingerprint density at radius 2 is 2.21 bits per heavy atom. The van der Waals surface area contributed by atoms with Crippen molar-refractivity contribution in [2.45, 2.75) is 19.8 Å². The molecule has 0 unspecified atom stereocenters. The van der Waals surface area contributed by atoms with Crippen molar-refractivity contribution < 1.29 is 4.79 Å². The number of nitrogens with two attached hydrogens (primary N) is 1. The number of nitrogens with zero attached hydrogens (tertiary/aromatic N) is 2. The van der Waals surface area contributed by atoms with Gasteiger partial charge < -0.3 is 16.0 Å². The summed E-state index contributed by atoms with van der Waals surface area (Å²) in [5.41, 5.74) is 6.06. The number of pyridine rings is 1. The standard InChI is InChI=1S/C14H22N4O/c1-14(5-8-18(2)9-6-14)10-17-13-11(12(15)19)4-3-7-16-13/h3-4,7H,5-6,8-10H2,1-2H3,(H2,15,19)(H,16,17). The number of amides is 1. The van der Waals surface area contributed by atoms with Crippen LogP contribution in [0.2, 0.25) is 0 Å². The largest absolute Gasteiger partial charge is 0.369 e. The van der Waals surface area contributed by atoms with Crippen molar-refractivity contribution in [1.82, 2.24) is 9.88 Å². The second kappa shape index (κ2) is 5.57. The number of primary amides is 1. The third kappa shape index (κ3) is 3.44. The summed E-state index contributed by atoms with van der Waals surface area (Å²) < 4.78 is 0. The fourth-order valence-corrected chi connectivity index (χ4v) is 2.38. The van der Waals surface area contributed by atoms with E-state index in [-0.39, 0.29) is 5.41 Å². The van der Waals surface area contributed by atoms with Crippen molar-refractivity contribution in [2.75, 3.05) is 32.0 Å².